The molecule has 2 aromatic rings. The molecule has 4 N–H and O–H groups in total. The van der Waals surface area contributed by atoms with Crippen molar-refractivity contribution in [2.75, 3.05) is 6.54 Å². The van der Waals surface area contributed by atoms with Crippen LogP contribution in [0.4, 0.5) is 0 Å². The number of rotatable bonds is 7. The smallest absolute Gasteiger partial charge is 0.0272 e. The van der Waals surface area contributed by atoms with E-state index in [0.29, 0.717) is 0 Å². The molecular weight excluding hydrogens is 268 g/mol. The lowest BCUT2D eigenvalue weighted by atomic mass is 10.0. The molecule has 0 spiro atoms. The van der Waals surface area contributed by atoms with Gasteiger partial charge in [-0.25, -0.2) is 0 Å². The Balaban J connectivity index is 0.000000239. The molecule has 2 heteroatoms. The van der Waals surface area contributed by atoms with Gasteiger partial charge in [0.05, 0.1) is 0 Å². The number of hydrogen-bond donors (Lipinski definition) is 2. The second-order valence-corrected chi connectivity index (χ2v) is 5.64. The van der Waals surface area contributed by atoms with Crippen LogP contribution >= 0.6 is 0 Å². The van der Waals surface area contributed by atoms with E-state index in [0.717, 1.165) is 13.0 Å². The third kappa shape index (κ3) is 6.42. The monoisotopic (exact) mass is 298 g/mol. The fourth-order valence-corrected chi connectivity index (χ4v) is 2.43. The summed E-state index contributed by atoms with van der Waals surface area (Å²) in [5.74, 6) is 0. The summed E-state index contributed by atoms with van der Waals surface area (Å²) >= 11 is 0. The predicted octanol–water partition coefficient (Wildman–Crippen LogP) is 4.94. The van der Waals surface area contributed by atoms with E-state index >= 15 is 0 Å². The Bertz CT molecular complexity index is 541. The molecule has 0 amide bonds. The highest BCUT2D eigenvalue weighted by Crippen LogP contribution is 2.22. The van der Waals surface area contributed by atoms with Crippen LogP contribution in [-0.2, 0) is 0 Å². The SMILES string of the molecule is C=CCCCCCCN.C[C@H](N)c1cccc2ccccc12. The van der Waals surface area contributed by atoms with Crippen LogP contribution in [0.3, 0.4) is 0 Å². The van der Waals surface area contributed by atoms with Crippen LogP contribution in [0, 0.1) is 0 Å². The zero-order chi connectivity index (χ0) is 16.2. The summed E-state index contributed by atoms with van der Waals surface area (Å²) in [5.41, 5.74) is 12.4. The van der Waals surface area contributed by atoms with Gasteiger partial charge in [0.15, 0.2) is 0 Å². The fourth-order valence-electron chi connectivity index (χ4n) is 2.43. The average Bonchev–Trinajstić information content (AvgIpc) is 2.55. The van der Waals surface area contributed by atoms with Crippen LogP contribution in [0.5, 0.6) is 0 Å². The van der Waals surface area contributed by atoms with Crippen molar-refractivity contribution in [3.05, 3.63) is 60.7 Å². The van der Waals surface area contributed by atoms with E-state index in [1.165, 1.54) is 42.0 Å². The van der Waals surface area contributed by atoms with E-state index < -0.39 is 0 Å². The molecule has 2 rings (SSSR count). The zero-order valence-electron chi connectivity index (χ0n) is 13.8. The van der Waals surface area contributed by atoms with Crippen LogP contribution in [0.25, 0.3) is 10.8 Å². The van der Waals surface area contributed by atoms with Gasteiger partial charge in [0, 0.05) is 6.04 Å². The molecule has 0 aliphatic heterocycles. The van der Waals surface area contributed by atoms with E-state index in [1.807, 2.05) is 25.1 Å². The third-order valence-electron chi connectivity index (χ3n) is 3.68. The summed E-state index contributed by atoms with van der Waals surface area (Å²) in [6.45, 7) is 6.51. The van der Waals surface area contributed by atoms with E-state index in [2.05, 4.69) is 36.9 Å². The zero-order valence-corrected chi connectivity index (χ0v) is 13.8. The van der Waals surface area contributed by atoms with Gasteiger partial charge in [-0.05, 0) is 49.1 Å². The molecule has 0 saturated carbocycles. The Morgan fingerprint density at radius 2 is 1.68 bits per heavy atom. The first-order chi connectivity index (χ1) is 10.7. The highest BCUT2D eigenvalue weighted by molar-refractivity contribution is 5.85. The first-order valence-corrected chi connectivity index (χ1v) is 8.25. The predicted molar refractivity (Wildman–Crippen MR) is 98.9 cm³/mol. The summed E-state index contributed by atoms with van der Waals surface area (Å²) in [6, 6.07) is 14.7. The Labute approximate surface area is 135 Å². The highest BCUT2D eigenvalue weighted by atomic mass is 14.6. The Morgan fingerprint density at radius 1 is 1.00 bits per heavy atom. The van der Waals surface area contributed by atoms with Crippen molar-refractivity contribution in [2.24, 2.45) is 11.5 Å². The van der Waals surface area contributed by atoms with Gasteiger partial charge in [0.1, 0.15) is 0 Å². The maximum atomic E-state index is 5.88. The Hall–Kier alpha value is -1.64. The first-order valence-electron chi connectivity index (χ1n) is 8.25. The van der Waals surface area contributed by atoms with Crippen molar-refractivity contribution >= 4 is 10.8 Å². The molecule has 2 nitrogen and oxygen atoms in total. The van der Waals surface area contributed by atoms with Crippen molar-refractivity contribution in [3.8, 4) is 0 Å². The van der Waals surface area contributed by atoms with E-state index in [-0.39, 0.29) is 6.04 Å². The number of allylic oxidation sites excluding steroid dienone is 1. The normalized spacial score (nSPS) is 11.6. The van der Waals surface area contributed by atoms with Gasteiger partial charge in [-0.15, -0.1) is 6.58 Å². The first kappa shape index (κ1) is 18.4. The summed E-state index contributed by atoms with van der Waals surface area (Å²) < 4.78 is 0. The van der Waals surface area contributed by atoms with Gasteiger partial charge in [-0.3, -0.25) is 0 Å². The van der Waals surface area contributed by atoms with E-state index in [1.54, 1.807) is 0 Å². The molecule has 0 unspecified atom stereocenters. The van der Waals surface area contributed by atoms with Crippen LogP contribution in [0.2, 0.25) is 0 Å². The van der Waals surface area contributed by atoms with Gasteiger partial charge in [-0.1, -0.05) is 61.4 Å². The molecule has 0 bridgehead atoms. The maximum Gasteiger partial charge on any atom is 0.0272 e. The molecule has 1 atom stereocenters. The molecule has 0 aliphatic carbocycles. The molecule has 120 valence electrons. The van der Waals surface area contributed by atoms with Gasteiger partial charge >= 0.3 is 0 Å². The van der Waals surface area contributed by atoms with Crippen molar-refractivity contribution in [3.63, 3.8) is 0 Å². The highest BCUT2D eigenvalue weighted by Gasteiger charge is 2.02. The van der Waals surface area contributed by atoms with Crippen LogP contribution in [0.15, 0.2) is 55.1 Å². The lowest BCUT2D eigenvalue weighted by Gasteiger charge is -2.09. The van der Waals surface area contributed by atoms with Crippen molar-refractivity contribution in [1.29, 1.82) is 0 Å². The molecule has 0 saturated heterocycles. The van der Waals surface area contributed by atoms with Gasteiger partial charge in [-0.2, -0.15) is 0 Å². The number of unbranched alkanes of at least 4 members (excludes halogenated alkanes) is 4. The van der Waals surface area contributed by atoms with Gasteiger partial charge in [0.25, 0.3) is 0 Å². The van der Waals surface area contributed by atoms with Crippen LogP contribution in [-0.4, -0.2) is 6.54 Å². The van der Waals surface area contributed by atoms with Crippen molar-refractivity contribution in [1.82, 2.24) is 0 Å². The maximum absolute atomic E-state index is 5.88. The molecule has 0 aromatic heterocycles. The molecule has 0 fully saturated rings. The molecule has 0 radical (unpaired) electrons. The lowest BCUT2D eigenvalue weighted by molar-refractivity contribution is 0.653. The van der Waals surface area contributed by atoms with Gasteiger partial charge < -0.3 is 11.5 Å². The summed E-state index contributed by atoms with van der Waals surface area (Å²) in [5, 5.41) is 2.53. The van der Waals surface area contributed by atoms with E-state index in [9.17, 15) is 0 Å². The second kappa shape index (κ2) is 11.0. The molecule has 2 aromatic carbocycles. The number of benzene rings is 2. The van der Waals surface area contributed by atoms with Crippen LogP contribution < -0.4 is 11.5 Å². The molecule has 0 aliphatic rings. The fraction of sp³-hybridized carbons (Fsp3) is 0.400. The minimum absolute atomic E-state index is 0.103. The number of nitrogens with two attached hydrogens (primary N) is 2. The second-order valence-electron chi connectivity index (χ2n) is 5.64. The molecule has 22 heavy (non-hydrogen) atoms. The topological polar surface area (TPSA) is 52.0 Å². The minimum Gasteiger partial charge on any atom is -0.330 e. The van der Waals surface area contributed by atoms with Crippen molar-refractivity contribution in [2.45, 2.75) is 45.1 Å². The lowest BCUT2D eigenvalue weighted by Crippen LogP contribution is -2.05. The van der Waals surface area contributed by atoms with Crippen LogP contribution in [0.1, 0.15) is 50.6 Å². The molecule has 0 heterocycles. The average molecular weight is 298 g/mol. The summed E-state index contributed by atoms with van der Waals surface area (Å²) in [4.78, 5) is 0. The Kier molecular flexibility index (Phi) is 9.20. The summed E-state index contributed by atoms with van der Waals surface area (Å²) in [6.07, 6.45) is 8.18. The number of fused-ring (bicyclic) bond motifs is 1. The quantitative estimate of drug-likeness (QED) is 0.562. The van der Waals surface area contributed by atoms with Crippen molar-refractivity contribution < 1.29 is 0 Å². The number of hydrogen-bond acceptors (Lipinski definition) is 2. The standard InChI is InChI=1S/C12H13N.C8H17N/c1-9(13)11-8-4-6-10-5-2-3-7-12(10)11;1-2-3-4-5-6-7-8-9/h2-9H,13H2,1H3;2H,1,3-9H2/t9-;/m0./s1. The third-order valence-corrected chi connectivity index (χ3v) is 3.68. The molecular formula is C20H30N2. The van der Waals surface area contributed by atoms with E-state index in [4.69, 9.17) is 11.5 Å². The largest absolute Gasteiger partial charge is 0.330 e. The van der Waals surface area contributed by atoms with Gasteiger partial charge in [0.2, 0.25) is 0 Å². The summed E-state index contributed by atoms with van der Waals surface area (Å²) in [7, 11) is 0. The minimum atomic E-state index is 0.103. The Morgan fingerprint density at radius 3 is 2.36 bits per heavy atom.